The molecular weight excluding hydrogens is 338 g/mol. The van der Waals surface area contributed by atoms with Crippen LogP contribution in [-0.2, 0) is 0 Å². The highest BCUT2D eigenvalue weighted by Crippen LogP contribution is 2.19. The van der Waals surface area contributed by atoms with E-state index in [9.17, 15) is 9.90 Å². The predicted molar refractivity (Wildman–Crippen MR) is 92.8 cm³/mol. The maximum Gasteiger partial charge on any atom is 0.203 e. The average molecular weight is 360 g/mol. The second-order valence-corrected chi connectivity index (χ2v) is 6.06. The third-order valence-electron chi connectivity index (χ3n) is 4.25. The minimum atomic E-state index is -0.549. The highest BCUT2D eigenvalue weighted by molar-refractivity contribution is 5.97. The number of carbonyl (C=O) groups is 1. The quantitative estimate of drug-likeness (QED) is 0.569. The van der Waals surface area contributed by atoms with Crippen LogP contribution in [0.15, 0.2) is 65.1 Å². The summed E-state index contributed by atoms with van der Waals surface area (Å²) in [5.41, 5.74) is 1.63. The van der Waals surface area contributed by atoms with Crippen LogP contribution in [0.5, 0.6) is 0 Å². The van der Waals surface area contributed by atoms with Gasteiger partial charge < -0.3 is 27.2 Å². The Morgan fingerprint density at radius 2 is 1.80 bits per heavy atom. The molecule has 0 aliphatic rings. The molecule has 1 aromatic heterocycles. The lowest BCUT2D eigenvalue weighted by Crippen LogP contribution is -3.00. The number of hydrogen-bond donors (Lipinski definition) is 2. The summed E-state index contributed by atoms with van der Waals surface area (Å²) < 4.78 is 5.59. The van der Waals surface area contributed by atoms with Gasteiger partial charge in [0.25, 0.3) is 0 Å². The Kier molecular flexibility index (Phi) is 6.76. The van der Waals surface area contributed by atoms with E-state index < -0.39 is 6.10 Å². The Labute approximate surface area is 153 Å². The molecule has 5 heteroatoms. The first kappa shape index (κ1) is 19.2. The van der Waals surface area contributed by atoms with Gasteiger partial charge in [-0.05, 0) is 24.6 Å². The van der Waals surface area contributed by atoms with Crippen molar-refractivity contribution in [1.82, 2.24) is 0 Å². The summed E-state index contributed by atoms with van der Waals surface area (Å²) in [6.07, 6.45) is -0.168. The van der Waals surface area contributed by atoms with Crippen LogP contribution in [0.2, 0.25) is 0 Å². The summed E-state index contributed by atoms with van der Waals surface area (Å²) in [5.74, 6) is 0.393. The fraction of sp³-hybridized carbons (Fsp3) is 0.250. The number of aliphatic hydroxyl groups is 1. The zero-order valence-corrected chi connectivity index (χ0v) is 14.8. The summed E-state index contributed by atoms with van der Waals surface area (Å²) in [5, 5.41) is 13.3. The molecule has 0 saturated heterocycles. The van der Waals surface area contributed by atoms with Crippen molar-refractivity contribution < 1.29 is 32.0 Å². The lowest BCUT2D eigenvalue weighted by Gasteiger charge is -2.17. The van der Waals surface area contributed by atoms with Crippen LogP contribution in [0.4, 0.5) is 0 Å². The van der Waals surface area contributed by atoms with E-state index in [0.717, 1.165) is 16.5 Å². The molecule has 3 N–H and O–H groups in total. The van der Waals surface area contributed by atoms with Gasteiger partial charge in [-0.3, -0.25) is 4.79 Å². The smallest absolute Gasteiger partial charge is 0.203 e. The third-order valence-corrected chi connectivity index (χ3v) is 4.25. The van der Waals surface area contributed by atoms with E-state index in [1.807, 2.05) is 66.8 Å². The number of rotatable bonds is 7. The van der Waals surface area contributed by atoms with Crippen molar-refractivity contribution in [2.45, 2.75) is 25.5 Å². The fourth-order valence-corrected chi connectivity index (χ4v) is 2.80. The van der Waals surface area contributed by atoms with Gasteiger partial charge in [0.2, 0.25) is 5.78 Å². The van der Waals surface area contributed by atoms with E-state index in [0.29, 0.717) is 18.7 Å². The monoisotopic (exact) mass is 359 g/mol. The number of para-hydroxylation sites is 1. The second-order valence-electron chi connectivity index (χ2n) is 6.06. The molecule has 0 bridgehead atoms. The SMILES string of the molecule is CC([NH2+]CCC(=O)c1cc2ccccc2o1)C(O)c1ccccc1.[Cl-]. The predicted octanol–water partition coefficient (Wildman–Crippen LogP) is -0.305. The number of fused-ring (bicyclic) bond motifs is 1. The molecule has 132 valence electrons. The minimum Gasteiger partial charge on any atom is -1.00 e. The zero-order valence-electron chi connectivity index (χ0n) is 14.1. The van der Waals surface area contributed by atoms with Gasteiger partial charge in [0.15, 0.2) is 5.76 Å². The van der Waals surface area contributed by atoms with Gasteiger partial charge in [-0.25, -0.2) is 0 Å². The van der Waals surface area contributed by atoms with Gasteiger partial charge in [0.1, 0.15) is 17.7 Å². The van der Waals surface area contributed by atoms with E-state index in [4.69, 9.17) is 4.42 Å². The van der Waals surface area contributed by atoms with Crippen molar-refractivity contribution in [2.24, 2.45) is 0 Å². The molecule has 1 heterocycles. The Balaban J connectivity index is 0.00000225. The van der Waals surface area contributed by atoms with Crippen molar-refractivity contribution in [3.8, 4) is 0 Å². The third kappa shape index (κ3) is 4.69. The number of Topliss-reactive ketones (excluding diaryl/α,β-unsaturated/α-hetero) is 1. The fourth-order valence-electron chi connectivity index (χ4n) is 2.80. The summed E-state index contributed by atoms with van der Waals surface area (Å²) in [4.78, 5) is 12.3. The van der Waals surface area contributed by atoms with Crippen LogP contribution in [0.1, 0.15) is 35.6 Å². The highest BCUT2D eigenvalue weighted by Gasteiger charge is 2.20. The molecule has 3 rings (SSSR count). The molecule has 0 saturated carbocycles. The number of hydrogen-bond acceptors (Lipinski definition) is 3. The van der Waals surface area contributed by atoms with E-state index >= 15 is 0 Å². The maximum atomic E-state index is 12.3. The Morgan fingerprint density at radius 3 is 2.52 bits per heavy atom. The number of quaternary nitrogens is 1. The van der Waals surface area contributed by atoms with Crippen LogP contribution < -0.4 is 17.7 Å². The van der Waals surface area contributed by atoms with Gasteiger partial charge in [-0.2, -0.15) is 0 Å². The number of ketones is 1. The number of benzene rings is 2. The molecule has 2 atom stereocenters. The normalized spacial score (nSPS) is 13.2. The first-order valence-electron chi connectivity index (χ1n) is 8.23. The van der Waals surface area contributed by atoms with E-state index in [2.05, 4.69) is 0 Å². The number of nitrogens with two attached hydrogens (primary N) is 1. The van der Waals surface area contributed by atoms with Crippen LogP contribution in [0.3, 0.4) is 0 Å². The molecule has 4 nitrogen and oxygen atoms in total. The summed E-state index contributed by atoms with van der Waals surface area (Å²) in [7, 11) is 0. The van der Waals surface area contributed by atoms with Crippen molar-refractivity contribution >= 4 is 16.8 Å². The molecular formula is C20H22ClNO3. The lowest BCUT2D eigenvalue weighted by molar-refractivity contribution is -0.693. The van der Waals surface area contributed by atoms with Crippen molar-refractivity contribution in [1.29, 1.82) is 0 Å². The molecule has 2 unspecified atom stereocenters. The van der Waals surface area contributed by atoms with Gasteiger partial charge in [0, 0.05) is 5.39 Å². The topological polar surface area (TPSA) is 67.0 Å². The zero-order chi connectivity index (χ0) is 16.9. The number of aliphatic hydroxyl groups excluding tert-OH is 1. The first-order valence-corrected chi connectivity index (χ1v) is 8.23. The molecule has 3 aromatic rings. The standard InChI is InChI=1S/C20H21NO3.ClH/c1-14(20(23)15-7-3-2-4-8-15)21-12-11-17(22)19-13-16-9-5-6-10-18(16)24-19;/h2-10,13-14,20-21,23H,11-12H2,1H3;1H. The molecule has 0 amide bonds. The highest BCUT2D eigenvalue weighted by atomic mass is 35.5. The summed E-state index contributed by atoms with van der Waals surface area (Å²) in [6.45, 7) is 2.57. The van der Waals surface area contributed by atoms with Gasteiger partial charge >= 0.3 is 0 Å². The first-order chi connectivity index (χ1) is 11.6. The van der Waals surface area contributed by atoms with Gasteiger partial charge in [-0.1, -0.05) is 48.5 Å². The number of halogens is 1. The van der Waals surface area contributed by atoms with E-state index in [-0.39, 0.29) is 24.2 Å². The summed E-state index contributed by atoms with van der Waals surface area (Å²) >= 11 is 0. The van der Waals surface area contributed by atoms with Crippen LogP contribution in [0, 0.1) is 0 Å². The molecule has 2 aromatic carbocycles. The van der Waals surface area contributed by atoms with E-state index in [1.165, 1.54) is 0 Å². The lowest BCUT2D eigenvalue weighted by atomic mass is 10.0. The molecule has 0 aliphatic heterocycles. The molecule has 25 heavy (non-hydrogen) atoms. The average Bonchev–Trinajstić information content (AvgIpc) is 3.06. The van der Waals surface area contributed by atoms with E-state index in [1.54, 1.807) is 6.07 Å². The Hall–Kier alpha value is -2.14. The number of furan rings is 1. The molecule has 0 radical (unpaired) electrons. The van der Waals surface area contributed by atoms with Crippen LogP contribution in [-0.4, -0.2) is 23.5 Å². The summed E-state index contributed by atoms with van der Waals surface area (Å²) in [6, 6.07) is 19.0. The maximum absolute atomic E-state index is 12.3. The van der Waals surface area contributed by atoms with Gasteiger partial charge in [-0.15, -0.1) is 0 Å². The Morgan fingerprint density at radius 1 is 1.12 bits per heavy atom. The van der Waals surface area contributed by atoms with Crippen molar-refractivity contribution in [3.63, 3.8) is 0 Å². The molecule has 0 fully saturated rings. The molecule has 0 aliphatic carbocycles. The number of carbonyl (C=O) groups excluding carboxylic acids is 1. The van der Waals surface area contributed by atoms with Crippen LogP contribution in [0.25, 0.3) is 11.0 Å². The van der Waals surface area contributed by atoms with Gasteiger partial charge in [0.05, 0.1) is 13.0 Å². The van der Waals surface area contributed by atoms with Crippen LogP contribution >= 0.6 is 0 Å². The minimum absolute atomic E-state index is 0. The Bertz CT molecular complexity index is 783. The molecule has 0 spiro atoms. The van der Waals surface area contributed by atoms with Crippen molar-refractivity contribution in [3.05, 3.63) is 72.0 Å². The van der Waals surface area contributed by atoms with Crippen molar-refractivity contribution in [2.75, 3.05) is 6.54 Å². The largest absolute Gasteiger partial charge is 1.00 e. The second kappa shape index (κ2) is 8.81.